The van der Waals surface area contributed by atoms with Gasteiger partial charge in [0, 0.05) is 25.9 Å². The van der Waals surface area contributed by atoms with E-state index in [2.05, 4.69) is 17.9 Å². The van der Waals surface area contributed by atoms with Gasteiger partial charge in [0.15, 0.2) is 0 Å². The fourth-order valence-electron chi connectivity index (χ4n) is 2.51. The summed E-state index contributed by atoms with van der Waals surface area (Å²) in [6, 6.07) is 4.00. The van der Waals surface area contributed by atoms with Crippen LogP contribution >= 0.6 is 0 Å². The molecule has 0 radical (unpaired) electrons. The Bertz CT molecular complexity index is 472. The predicted molar refractivity (Wildman–Crippen MR) is 80.9 cm³/mol. The number of ether oxygens (including phenoxy) is 1. The zero-order chi connectivity index (χ0) is 14.4. The quantitative estimate of drug-likeness (QED) is 0.810. The largest absolute Gasteiger partial charge is 0.392 e. The molecule has 0 unspecified atom stereocenters. The zero-order valence-electron chi connectivity index (χ0n) is 12.4. The van der Waals surface area contributed by atoms with Gasteiger partial charge in [-0.25, -0.2) is 4.98 Å². The summed E-state index contributed by atoms with van der Waals surface area (Å²) >= 11 is 0. The molecule has 0 saturated heterocycles. The molecule has 4 heteroatoms. The third kappa shape index (κ3) is 3.81. The number of rotatable bonds is 6. The lowest BCUT2D eigenvalue weighted by atomic mass is 10.1. The van der Waals surface area contributed by atoms with Crippen molar-refractivity contribution in [3.8, 4) is 0 Å². The van der Waals surface area contributed by atoms with Gasteiger partial charge in [-0.2, -0.15) is 0 Å². The normalized spacial score (nSPS) is 15.3. The Hall–Kier alpha value is -1.39. The predicted octanol–water partition coefficient (Wildman–Crippen LogP) is 2.31. The molecule has 0 aliphatic carbocycles. The summed E-state index contributed by atoms with van der Waals surface area (Å²) in [4.78, 5) is 6.98. The fourth-order valence-corrected chi connectivity index (χ4v) is 2.51. The Kier molecular flexibility index (Phi) is 5.56. The van der Waals surface area contributed by atoms with Crippen LogP contribution in [-0.4, -0.2) is 36.9 Å². The SMILES string of the molecule is CCCc1cc(CO)cc(N2CC=C(COC)CC2)n1. The number of pyridine rings is 1. The number of hydrogen-bond donors (Lipinski definition) is 1. The second-order valence-corrected chi connectivity index (χ2v) is 5.22. The Labute approximate surface area is 121 Å². The molecule has 0 amide bonds. The monoisotopic (exact) mass is 276 g/mol. The van der Waals surface area contributed by atoms with E-state index < -0.39 is 0 Å². The van der Waals surface area contributed by atoms with E-state index in [1.54, 1.807) is 7.11 Å². The first-order valence-electron chi connectivity index (χ1n) is 7.29. The van der Waals surface area contributed by atoms with Gasteiger partial charge in [-0.05, 0) is 36.1 Å². The van der Waals surface area contributed by atoms with E-state index in [4.69, 9.17) is 9.72 Å². The van der Waals surface area contributed by atoms with Crippen molar-refractivity contribution in [3.05, 3.63) is 35.0 Å². The maximum atomic E-state index is 9.39. The smallest absolute Gasteiger partial charge is 0.129 e. The molecule has 1 aliphatic rings. The molecule has 1 aromatic heterocycles. The highest BCUT2D eigenvalue weighted by molar-refractivity contribution is 5.45. The Morgan fingerprint density at radius 2 is 2.25 bits per heavy atom. The second-order valence-electron chi connectivity index (χ2n) is 5.22. The van der Waals surface area contributed by atoms with E-state index in [-0.39, 0.29) is 6.61 Å². The molecular formula is C16H24N2O2. The number of aliphatic hydroxyl groups is 1. The molecular weight excluding hydrogens is 252 g/mol. The molecule has 0 aromatic carbocycles. The van der Waals surface area contributed by atoms with Gasteiger partial charge in [0.1, 0.15) is 5.82 Å². The molecule has 4 nitrogen and oxygen atoms in total. The lowest BCUT2D eigenvalue weighted by Gasteiger charge is -2.28. The standard InChI is InChI=1S/C16H24N2O2/c1-3-4-15-9-14(11-19)10-16(17-15)18-7-5-13(6-8-18)12-20-2/h5,9-10,19H,3-4,6-8,11-12H2,1-2H3. The van der Waals surface area contributed by atoms with Crippen LogP contribution in [0.1, 0.15) is 31.0 Å². The number of anilines is 1. The maximum Gasteiger partial charge on any atom is 0.129 e. The van der Waals surface area contributed by atoms with Gasteiger partial charge in [-0.3, -0.25) is 0 Å². The van der Waals surface area contributed by atoms with E-state index in [0.29, 0.717) is 0 Å². The van der Waals surface area contributed by atoms with E-state index in [9.17, 15) is 5.11 Å². The van der Waals surface area contributed by atoms with E-state index in [0.717, 1.165) is 56.0 Å². The van der Waals surface area contributed by atoms with Crippen LogP contribution in [0.25, 0.3) is 0 Å². The number of aromatic nitrogens is 1. The van der Waals surface area contributed by atoms with Crippen LogP contribution in [0.5, 0.6) is 0 Å². The molecule has 1 N–H and O–H groups in total. The van der Waals surface area contributed by atoms with Crippen molar-refractivity contribution in [2.75, 3.05) is 31.7 Å². The van der Waals surface area contributed by atoms with Gasteiger partial charge in [0.25, 0.3) is 0 Å². The van der Waals surface area contributed by atoms with Crippen LogP contribution in [0.15, 0.2) is 23.8 Å². The van der Waals surface area contributed by atoms with Crippen molar-refractivity contribution in [1.82, 2.24) is 4.98 Å². The lowest BCUT2D eigenvalue weighted by Crippen LogP contribution is -2.30. The minimum Gasteiger partial charge on any atom is -0.392 e. The van der Waals surface area contributed by atoms with Crippen LogP contribution in [-0.2, 0) is 17.8 Å². The molecule has 0 fully saturated rings. The first kappa shape index (κ1) is 15.0. The van der Waals surface area contributed by atoms with Gasteiger partial charge in [0.05, 0.1) is 13.2 Å². The first-order valence-corrected chi connectivity index (χ1v) is 7.29. The van der Waals surface area contributed by atoms with Crippen LogP contribution in [0.4, 0.5) is 5.82 Å². The van der Waals surface area contributed by atoms with Crippen LogP contribution in [0.2, 0.25) is 0 Å². The van der Waals surface area contributed by atoms with Gasteiger partial charge < -0.3 is 14.7 Å². The summed E-state index contributed by atoms with van der Waals surface area (Å²) < 4.78 is 5.17. The number of aryl methyl sites for hydroxylation is 1. The number of methoxy groups -OCH3 is 1. The van der Waals surface area contributed by atoms with Crippen molar-refractivity contribution < 1.29 is 9.84 Å². The number of hydrogen-bond acceptors (Lipinski definition) is 4. The summed E-state index contributed by atoms with van der Waals surface area (Å²) in [5.74, 6) is 0.979. The highest BCUT2D eigenvalue weighted by atomic mass is 16.5. The van der Waals surface area contributed by atoms with Crippen molar-refractivity contribution in [3.63, 3.8) is 0 Å². The highest BCUT2D eigenvalue weighted by Crippen LogP contribution is 2.20. The van der Waals surface area contributed by atoms with Crippen LogP contribution in [0.3, 0.4) is 0 Å². The third-order valence-electron chi connectivity index (χ3n) is 3.57. The summed E-state index contributed by atoms with van der Waals surface area (Å²) in [7, 11) is 1.73. The minimum absolute atomic E-state index is 0.0742. The van der Waals surface area contributed by atoms with Crippen molar-refractivity contribution in [2.24, 2.45) is 0 Å². The van der Waals surface area contributed by atoms with Crippen molar-refractivity contribution >= 4 is 5.82 Å². The summed E-state index contributed by atoms with van der Waals surface area (Å²) in [5, 5.41) is 9.39. The molecule has 0 bridgehead atoms. The van der Waals surface area contributed by atoms with Gasteiger partial charge >= 0.3 is 0 Å². The Morgan fingerprint density at radius 3 is 2.85 bits per heavy atom. The van der Waals surface area contributed by atoms with E-state index >= 15 is 0 Å². The minimum atomic E-state index is 0.0742. The number of nitrogens with zero attached hydrogens (tertiary/aromatic N) is 2. The molecule has 20 heavy (non-hydrogen) atoms. The highest BCUT2D eigenvalue weighted by Gasteiger charge is 2.14. The Balaban J connectivity index is 2.14. The Morgan fingerprint density at radius 1 is 1.40 bits per heavy atom. The van der Waals surface area contributed by atoms with Crippen molar-refractivity contribution in [1.29, 1.82) is 0 Å². The molecule has 0 spiro atoms. The summed E-state index contributed by atoms with van der Waals surface area (Å²) in [6.45, 7) is 4.77. The van der Waals surface area contributed by atoms with Gasteiger partial charge in [0.2, 0.25) is 0 Å². The maximum absolute atomic E-state index is 9.39. The molecule has 0 saturated carbocycles. The molecule has 1 aromatic rings. The van der Waals surface area contributed by atoms with Crippen LogP contribution in [0, 0.1) is 0 Å². The topological polar surface area (TPSA) is 45.6 Å². The van der Waals surface area contributed by atoms with Gasteiger partial charge in [-0.15, -0.1) is 0 Å². The fraction of sp³-hybridized carbons (Fsp3) is 0.562. The molecule has 2 heterocycles. The molecule has 0 atom stereocenters. The molecule has 2 rings (SSSR count). The van der Waals surface area contributed by atoms with E-state index in [1.807, 2.05) is 12.1 Å². The van der Waals surface area contributed by atoms with Crippen molar-refractivity contribution in [2.45, 2.75) is 32.8 Å². The van der Waals surface area contributed by atoms with E-state index in [1.165, 1.54) is 5.57 Å². The molecule has 110 valence electrons. The molecule has 1 aliphatic heterocycles. The number of aliphatic hydroxyl groups excluding tert-OH is 1. The second kappa shape index (κ2) is 7.41. The van der Waals surface area contributed by atoms with Crippen LogP contribution < -0.4 is 4.90 Å². The average molecular weight is 276 g/mol. The lowest BCUT2D eigenvalue weighted by molar-refractivity contribution is 0.222. The first-order chi connectivity index (χ1) is 9.76. The van der Waals surface area contributed by atoms with Gasteiger partial charge in [-0.1, -0.05) is 19.4 Å². The average Bonchev–Trinajstić information content (AvgIpc) is 2.48. The summed E-state index contributed by atoms with van der Waals surface area (Å²) in [6.07, 6.45) is 5.26. The summed E-state index contributed by atoms with van der Waals surface area (Å²) in [5.41, 5.74) is 3.38. The third-order valence-corrected chi connectivity index (χ3v) is 3.57. The zero-order valence-corrected chi connectivity index (χ0v) is 12.4.